The van der Waals surface area contributed by atoms with Gasteiger partial charge in [-0.2, -0.15) is 5.10 Å². The second-order valence-electron chi connectivity index (χ2n) is 5.61. The Balaban J connectivity index is 1.87. The second kappa shape index (κ2) is 5.79. The van der Waals surface area contributed by atoms with Crippen molar-refractivity contribution in [3.63, 3.8) is 0 Å². The lowest BCUT2D eigenvalue weighted by molar-refractivity contribution is -0.129. The van der Waals surface area contributed by atoms with Crippen LogP contribution in [0.3, 0.4) is 0 Å². The van der Waals surface area contributed by atoms with Crippen molar-refractivity contribution < 1.29 is 4.79 Å². The maximum absolute atomic E-state index is 11.4. The highest BCUT2D eigenvalue weighted by Crippen LogP contribution is 2.27. The van der Waals surface area contributed by atoms with Crippen LogP contribution in [0.2, 0.25) is 0 Å². The maximum atomic E-state index is 11.4. The molecule has 22 heavy (non-hydrogen) atoms. The average molecular weight is 299 g/mol. The van der Waals surface area contributed by atoms with E-state index in [9.17, 15) is 4.79 Å². The summed E-state index contributed by atoms with van der Waals surface area (Å²) in [4.78, 5) is 20.0. The van der Waals surface area contributed by atoms with Crippen molar-refractivity contribution in [3.05, 3.63) is 35.8 Å². The predicted octanol–water partition coefficient (Wildman–Crippen LogP) is 1.55. The monoisotopic (exact) mass is 299 g/mol. The molecule has 1 aliphatic heterocycles. The van der Waals surface area contributed by atoms with Crippen molar-refractivity contribution in [1.82, 2.24) is 19.7 Å². The molecule has 0 bridgehead atoms. The molecule has 0 unspecified atom stereocenters. The van der Waals surface area contributed by atoms with Crippen molar-refractivity contribution in [2.75, 3.05) is 31.1 Å². The van der Waals surface area contributed by atoms with Crippen LogP contribution in [-0.2, 0) is 4.79 Å². The Labute approximate surface area is 130 Å². The summed E-state index contributed by atoms with van der Waals surface area (Å²) in [5.41, 5.74) is 3.25. The van der Waals surface area contributed by atoms with Gasteiger partial charge in [0.25, 0.3) is 0 Å². The smallest absolute Gasteiger partial charge is 0.219 e. The molecule has 116 valence electrons. The van der Waals surface area contributed by atoms with Crippen molar-refractivity contribution in [3.8, 4) is 5.82 Å². The topological polar surface area (TPSA) is 54.3 Å². The van der Waals surface area contributed by atoms with Crippen LogP contribution in [0.25, 0.3) is 5.82 Å². The van der Waals surface area contributed by atoms with E-state index >= 15 is 0 Å². The van der Waals surface area contributed by atoms with E-state index in [2.05, 4.69) is 21.9 Å². The summed E-state index contributed by atoms with van der Waals surface area (Å²) in [6.07, 6.45) is 1.77. The zero-order valence-corrected chi connectivity index (χ0v) is 13.3. The van der Waals surface area contributed by atoms with Crippen LogP contribution in [0.5, 0.6) is 0 Å². The molecule has 0 atom stereocenters. The summed E-state index contributed by atoms with van der Waals surface area (Å²) in [7, 11) is 0. The second-order valence-corrected chi connectivity index (χ2v) is 5.61. The Morgan fingerprint density at radius 1 is 1.14 bits per heavy atom. The number of aromatic nitrogens is 3. The predicted molar refractivity (Wildman–Crippen MR) is 85.3 cm³/mol. The van der Waals surface area contributed by atoms with Crippen LogP contribution in [0.4, 0.5) is 5.69 Å². The number of amides is 1. The number of pyridine rings is 1. The number of piperazine rings is 1. The minimum Gasteiger partial charge on any atom is -0.365 e. The number of aryl methyl sites for hydroxylation is 1. The molecule has 0 N–H and O–H groups in total. The maximum Gasteiger partial charge on any atom is 0.219 e. The van der Waals surface area contributed by atoms with E-state index in [4.69, 9.17) is 0 Å². The number of hydrogen-bond donors (Lipinski definition) is 0. The lowest BCUT2D eigenvalue weighted by atomic mass is 10.2. The standard InChI is InChI=1S/C16H21N5O/c1-12-16(20-10-8-19(9-11-20)14(3)22)13(2)21(18-12)15-6-4-5-7-17-15/h4-7H,8-11H2,1-3H3. The van der Waals surface area contributed by atoms with Gasteiger partial charge in [-0.05, 0) is 26.0 Å². The summed E-state index contributed by atoms with van der Waals surface area (Å²) in [6, 6.07) is 5.82. The van der Waals surface area contributed by atoms with Gasteiger partial charge in [0.1, 0.15) is 0 Å². The van der Waals surface area contributed by atoms with Gasteiger partial charge in [-0.1, -0.05) is 6.07 Å². The van der Waals surface area contributed by atoms with E-state index < -0.39 is 0 Å². The van der Waals surface area contributed by atoms with Gasteiger partial charge >= 0.3 is 0 Å². The SMILES string of the molecule is CC(=O)N1CCN(c2c(C)nn(-c3ccccn3)c2C)CC1. The normalized spacial score (nSPS) is 15.2. The molecule has 1 saturated heterocycles. The van der Waals surface area contributed by atoms with Crippen LogP contribution in [-0.4, -0.2) is 51.8 Å². The van der Waals surface area contributed by atoms with Gasteiger partial charge in [0.15, 0.2) is 5.82 Å². The zero-order valence-electron chi connectivity index (χ0n) is 13.3. The molecule has 1 aliphatic rings. The number of carbonyl (C=O) groups is 1. The van der Waals surface area contributed by atoms with Gasteiger partial charge in [0.05, 0.1) is 17.1 Å². The van der Waals surface area contributed by atoms with Crippen LogP contribution >= 0.6 is 0 Å². The van der Waals surface area contributed by atoms with Crippen LogP contribution in [0.15, 0.2) is 24.4 Å². The van der Waals surface area contributed by atoms with Gasteiger partial charge in [-0.25, -0.2) is 9.67 Å². The number of anilines is 1. The van der Waals surface area contributed by atoms with Gasteiger partial charge in [-0.3, -0.25) is 4.79 Å². The third-order valence-electron chi connectivity index (χ3n) is 4.16. The summed E-state index contributed by atoms with van der Waals surface area (Å²) >= 11 is 0. The highest BCUT2D eigenvalue weighted by molar-refractivity contribution is 5.73. The molecule has 0 spiro atoms. The quantitative estimate of drug-likeness (QED) is 0.844. The lowest BCUT2D eigenvalue weighted by Gasteiger charge is -2.35. The first-order chi connectivity index (χ1) is 10.6. The van der Waals surface area contributed by atoms with E-state index in [1.807, 2.05) is 34.7 Å². The molecule has 2 aromatic rings. The average Bonchev–Trinajstić information content (AvgIpc) is 2.83. The fourth-order valence-electron chi connectivity index (χ4n) is 3.04. The third kappa shape index (κ3) is 2.56. The van der Waals surface area contributed by atoms with Crippen molar-refractivity contribution in [1.29, 1.82) is 0 Å². The van der Waals surface area contributed by atoms with Gasteiger partial charge in [-0.15, -0.1) is 0 Å². The molecule has 0 aromatic carbocycles. The molecule has 0 aliphatic carbocycles. The third-order valence-corrected chi connectivity index (χ3v) is 4.16. The summed E-state index contributed by atoms with van der Waals surface area (Å²) < 4.78 is 1.89. The highest BCUT2D eigenvalue weighted by atomic mass is 16.2. The molecular formula is C16H21N5O. The van der Waals surface area contributed by atoms with E-state index in [1.165, 1.54) is 0 Å². The van der Waals surface area contributed by atoms with Crippen LogP contribution in [0.1, 0.15) is 18.3 Å². The highest BCUT2D eigenvalue weighted by Gasteiger charge is 2.24. The van der Waals surface area contributed by atoms with Crippen molar-refractivity contribution in [2.24, 2.45) is 0 Å². The number of nitrogens with zero attached hydrogens (tertiary/aromatic N) is 5. The molecule has 1 fully saturated rings. The Morgan fingerprint density at radius 3 is 2.45 bits per heavy atom. The van der Waals surface area contributed by atoms with E-state index in [1.54, 1.807) is 13.1 Å². The Bertz CT molecular complexity index is 671. The van der Waals surface area contributed by atoms with E-state index in [0.717, 1.165) is 49.1 Å². The fourth-order valence-corrected chi connectivity index (χ4v) is 3.04. The van der Waals surface area contributed by atoms with E-state index in [0.29, 0.717) is 0 Å². The molecule has 2 aromatic heterocycles. The van der Waals surface area contributed by atoms with Gasteiger partial charge < -0.3 is 9.80 Å². The van der Waals surface area contributed by atoms with Crippen molar-refractivity contribution >= 4 is 11.6 Å². The molecule has 1 amide bonds. The molecule has 0 saturated carbocycles. The fraction of sp³-hybridized carbons (Fsp3) is 0.438. The van der Waals surface area contributed by atoms with Crippen LogP contribution < -0.4 is 4.90 Å². The van der Waals surface area contributed by atoms with Crippen LogP contribution in [0, 0.1) is 13.8 Å². The number of rotatable bonds is 2. The molecular weight excluding hydrogens is 278 g/mol. The molecule has 6 heteroatoms. The Kier molecular flexibility index (Phi) is 3.83. The van der Waals surface area contributed by atoms with Gasteiger partial charge in [0.2, 0.25) is 5.91 Å². The zero-order chi connectivity index (χ0) is 15.7. The summed E-state index contributed by atoms with van der Waals surface area (Å²) in [6.45, 7) is 8.95. The molecule has 3 rings (SSSR count). The largest absolute Gasteiger partial charge is 0.365 e. The number of hydrogen-bond acceptors (Lipinski definition) is 4. The Hall–Kier alpha value is -2.37. The van der Waals surface area contributed by atoms with Gasteiger partial charge in [0, 0.05) is 39.3 Å². The minimum atomic E-state index is 0.150. The molecule has 0 radical (unpaired) electrons. The first-order valence-electron chi connectivity index (χ1n) is 7.56. The minimum absolute atomic E-state index is 0.150. The lowest BCUT2D eigenvalue weighted by Crippen LogP contribution is -2.48. The van der Waals surface area contributed by atoms with E-state index in [-0.39, 0.29) is 5.91 Å². The molecule has 3 heterocycles. The van der Waals surface area contributed by atoms with Crippen molar-refractivity contribution in [2.45, 2.75) is 20.8 Å². The summed E-state index contributed by atoms with van der Waals surface area (Å²) in [5, 5.41) is 4.64. The number of carbonyl (C=O) groups excluding carboxylic acids is 1. The first kappa shape index (κ1) is 14.6. The Morgan fingerprint density at radius 2 is 1.86 bits per heavy atom. The first-order valence-corrected chi connectivity index (χ1v) is 7.56. The summed E-state index contributed by atoms with van der Waals surface area (Å²) in [5.74, 6) is 0.981. The molecule has 6 nitrogen and oxygen atoms in total.